The number of aliphatic carboxylic acids is 1. The van der Waals surface area contributed by atoms with Gasteiger partial charge in [0.25, 0.3) is 0 Å². The Morgan fingerprint density at radius 1 is 1.40 bits per heavy atom. The van der Waals surface area contributed by atoms with Crippen molar-refractivity contribution in [3.8, 4) is 0 Å². The van der Waals surface area contributed by atoms with Crippen LogP contribution in [0.4, 0.5) is 4.79 Å². The van der Waals surface area contributed by atoms with E-state index in [1.165, 1.54) is 0 Å². The molecule has 2 aliphatic rings. The summed E-state index contributed by atoms with van der Waals surface area (Å²) in [6, 6.07) is 0.0748. The Bertz CT molecular complexity index is 388. The lowest BCUT2D eigenvalue weighted by Gasteiger charge is -2.33. The fourth-order valence-electron chi connectivity index (χ4n) is 3.04. The number of likely N-dealkylation sites (N-methyl/N-ethyl adjacent to an activating group) is 1. The highest BCUT2D eigenvalue weighted by atomic mass is 16.4. The summed E-state index contributed by atoms with van der Waals surface area (Å²) >= 11 is 0. The Morgan fingerprint density at radius 2 is 2.15 bits per heavy atom. The van der Waals surface area contributed by atoms with Gasteiger partial charge in [-0.3, -0.25) is 4.79 Å². The van der Waals surface area contributed by atoms with E-state index in [4.69, 9.17) is 0 Å². The van der Waals surface area contributed by atoms with Crippen molar-refractivity contribution >= 4 is 12.0 Å². The molecule has 0 saturated carbocycles. The van der Waals surface area contributed by atoms with Gasteiger partial charge in [0.2, 0.25) is 0 Å². The number of carboxylic acids is 1. The predicted molar refractivity (Wildman–Crippen MR) is 75.6 cm³/mol. The second-order valence-electron chi connectivity index (χ2n) is 6.22. The van der Waals surface area contributed by atoms with Crippen molar-refractivity contribution in [2.45, 2.75) is 39.2 Å². The molecule has 0 aromatic heterocycles. The monoisotopic (exact) mass is 283 g/mol. The number of nitrogens with one attached hydrogen (secondary N) is 1. The average Bonchev–Trinajstić information content (AvgIpc) is 2.83. The first-order valence-electron chi connectivity index (χ1n) is 7.46. The van der Waals surface area contributed by atoms with Crippen LogP contribution in [-0.2, 0) is 4.79 Å². The molecule has 2 atom stereocenters. The first-order chi connectivity index (χ1) is 9.44. The molecule has 2 fully saturated rings. The van der Waals surface area contributed by atoms with Gasteiger partial charge in [-0.2, -0.15) is 0 Å². The van der Waals surface area contributed by atoms with Crippen molar-refractivity contribution in [1.29, 1.82) is 0 Å². The number of likely N-dealkylation sites (tertiary alicyclic amines) is 2. The zero-order valence-electron chi connectivity index (χ0n) is 12.4. The Balaban J connectivity index is 1.85. The number of urea groups is 1. The summed E-state index contributed by atoms with van der Waals surface area (Å²) in [5, 5.41) is 12.2. The van der Waals surface area contributed by atoms with Crippen molar-refractivity contribution < 1.29 is 14.7 Å². The molecule has 0 bridgehead atoms. The third-order valence-electron chi connectivity index (χ3n) is 4.56. The third kappa shape index (κ3) is 3.23. The SMILES string of the molecule is CCN1CCCC(NC(=O)N2CCC(C)(C(=O)O)C2)C1. The molecular weight excluding hydrogens is 258 g/mol. The van der Waals surface area contributed by atoms with Crippen molar-refractivity contribution in [3.05, 3.63) is 0 Å². The van der Waals surface area contributed by atoms with E-state index < -0.39 is 11.4 Å². The number of hydrogen-bond donors (Lipinski definition) is 2. The highest BCUT2D eigenvalue weighted by Gasteiger charge is 2.42. The molecule has 2 saturated heterocycles. The van der Waals surface area contributed by atoms with E-state index in [0.29, 0.717) is 19.5 Å². The van der Waals surface area contributed by atoms with Gasteiger partial charge >= 0.3 is 12.0 Å². The minimum Gasteiger partial charge on any atom is -0.481 e. The Morgan fingerprint density at radius 3 is 2.75 bits per heavy atom. The summed E-state index contributed by atoms with van der Waals surface area (Å²) in [5.74, 6) is -0.817. The lowest BCUT2D eigenvalue weighted by Crippen LogP contribution is -2.51. The van der Waals surface area contributed by atoms with Crippen molar-refractivity contribution in [3.63, 3.8) is 0 Å². The van der Waals surface area contributed by atoms with E-state index in [2.05, 4.69) is 17.1 Å². The van der Waals surface area contributed by atoms with Crippen LogP contribution in [0.1, 0.15) is 33.1 Å². The van der Waals surface area contributed by atoms with Crippen molar-refractivity contribution in [1.82, 2.24) is 15.1 Å². The summed E-state index contributed by atoms with van der Waals surface area (Å²) in [4.78, 5) is 27.4. The van der Waals surface area contributed by atoms with Gasteiger partial charge in [0.15, 0.2) is 0 Å². The van der Waals surface area contributed by atoms with E-state index in [0.717, 1.165) is 32.5 Å². The topological polar surface area (TPSA) is 72.9 Å². The number of carbonyl (C=O) groups is 2. The van der Waals surface area contributed by atoms with Crippen molar-refractivity contribution in [2.75, 3.05) is 32.7 Å². The average molecular weight is 283 g/mol. The summed E-state index contributed by atoms with van der Waals surface area (Å²) in [6.45, 7) is 7.67. The first kappa shape index (κ1) is 15.1. The molecule has 0 aliphatic carbocycles. The highest BCUT2D eigenvalue weighted by molar-refractivity contribution is 5.79. The van der Waals surface area contributed by atoms with Gasteiger partial charge in [-0.15, -0.1) is 0 Å². The van der Waals surface area contributed by atoms with Gasteiger partial charge in [-0.05, 0) is 39.3 Å². The molecule has 2 rings (SSSR count). The Labute approximate surface area is 120 Å². The van der Waals surface area contributed by atoms with Crippen LogP contribution in [0.3, 0.4) is 0 Å². The van der Waals surface area contributed by atoms with Gasteiger partial charge in [-0.1, -0.05) is 6.92 Å². The van der Waals surface area contributed by atoms with Crippen LogP contribution in [0, 0.1) is 5.41 Å². The largest absolute Gasteiger partial charge is 0.481 e. The number of carbonyl (C=O) groups excluding carboxylic acids is 1. The molecule has 20 heavy (non-hydrogen) atoms. The Hall–Kier alpha value is -1.30. The molecule has 2 heterocycles. The normalized spacial score (nSPS) is 31.3. The minimum atomic E-state index is -0.817. The maximum absolute atomic E-state index is 12.2. The summed E-state index contributed by atoms with van der Waals surface area (Å²) in [5.41, 5.74) is -0.792. The molecule has 0 aromatic rings. The van der Waals surface area contributed by atoms with Gasteiger partial charge in [0.05, 0.1) is 5.41 Å². The van der Waals surface area contributed by atoms with Crippen LogP contribution in [0.15, 0.2) is 0 Å². The molecule has 2 unspecified atom stereocenters. The molecule has 2 amide bonds. The van der Waals surface area contributed by atoms with E-state index in [1.54, 1.807) is 11.8 Å². The van der Waals surface area contributed by atoms with E-state index >= 15 is 0 Å². The number of nitrogens with zero attached hydrogens (tertiary/aromatic N) is 2. The zero-order chi connectivity index (χ0) is 14.8. The number of amides is 2. The molecule has 2 N–H and O–H groups in total. The van der Waals surface area contributed by atoms with Gasteiger partial charge in [-0.25, -0.2) is 4.79 Å². The maximum atomic E-state index is 12.2. The van der Waals surface area contributed by atoms with Crippen LogP contribution < -0.4 is 5.32 Å². The van der Waals surface area contributed by atoms with Crippen LogP contribution in [-0.4, -0.2) is 65.7 Å². The predicted octanol–water partition coefficient (Wildman–Crippen LogP) is 0.977. The number of carboxylic acid groups (broad SMARTS) is 1. The van der Waals surface area contributed by atoms with Crippen LogP contribution in [0.5, 0.6) is 0 Å². The highest BCUT2D eigenvalue weighted by Crippen LogP contribution is 2.30. The third-order valence-corrected chi connectivity index (χ3v) is 4.56. The fraction of sp³-hybridized carbons (Fsp3) is 0.857. The lowest BCUT2D eigenvalue weighted by atomic mass is 9.90. The standard InChI is InChI=1S/C14H25N3O3/c1-3-16-7-4-5-11(9-16)15-13(20)17-8-6-14(2,10-17)12(18)19/h11H,3-10H2,1-2H3,(H,15,20)(H,18,19). The lowest BCUT2D eigenvalue weighted by molar-refractivity contribution is -0.146. The van der Waals surface area contributed by atoms with Crippen molar-refractivity contribution in [2.24, 2.45) is 5.41 Å². The number of hydrogen-bond acceptors (Lipinski definition) is 3. The van der Waals surface area contributed by atoms with Crippen LogP contribution in [0.2, 0.25) is 0 Å². The second-order valence-corrected chi connectivity index (χ2v) is 6.22. The quantitative estimate of drug-likeness (QED) is 0.810. The van der Waals surface area contributed by atoms with E-state index in [1.807, 2.05) is 0 Å². The fourth-order valence-corrected chi connectivity index (χ4v) is 3.04. The van der Waals surface area contributed by atoms with Gasteiger partial charge in [0, 0.05) is 25.7 Å². The second kappa shape index (κ2) is 5.99. The number of rotatable bonds is 3. The van der Waals surface area contributed by atoms with Gasteiger partial charge < -0.3 is 20.2 Å². The molecular formula is C14H25N3O3. The molecule has 6 heteroatoms. The molecule has 6 nitrogen and oxygen atoms in total. The molecule has 114 valence electrons. The number of piperidine rings is 1. The van der Waals surface area contributed by atoms with E-state index in [-0.39, 0.29) is 12.1 Å². The summed E-state index contributed by atoms with van der Waals surface area (Å²) in [6.07, 6.45) is 2.64. The van der Waals surface area contributed by atoms with E-state index in [9.17, 15) is 14.7 Å². The summed E-state index contributed by atoms with van der Waals surface area (Å²) < 4.78 is 0. The Kier molecular flexibility index (Phi) is 4.52. The molecule has 2 aliphatic heterocycles. The molecule has 0 radical (unpaired) electrons. The summed E-state index contributed by atoms with van der Waals surface area (Å²) in [7, 11) is 0. The van der Waals surface area contributed by atoms with Crippen LogP contribution in [0.25, 0.3) is 0 Å². The smallest absolute Gasteiger partial charge is 0.317 e. The molecule has 0 spiro atoms. The van der Waals surface area contributed by atoms with Gasteiger partial charge in [0.1, 0.15) is 0 Å². The first-order valence-corrected chi connectivity index (χ1v) is 7.46. The zero-order valence-corrected chi connectivity index (χ0v) is 12.4. The molecule has 0 aromatic carbocycles. The maximum Gasteiger partial charge on any atom is 0.317 e. The minimum absolute atomic E-state index is 0.113. The van der Waals surface area contributed by atoms with Crippen LogP contribution >= 0.6 is 0 Å².